The first-order valence-electron chi connectivity index (χ1n) is 15.3. The first-order valence-corrected chi connectivity index (χ1v) is 15.3. The van der Waals surface area contributed by atoms with E-state index in [1.54, 1.807) is 0 Å². The van der Waals surface area contributed by atoms with Crippen molar-refractivity contribution in [3.8, 4) is 6.07 Å². The second kappa shape index (κ2) is 8.89. The van der Waals surface area contributed by atoms with Crippen molar-refractivity contribution in [3.63, 3.8) is 0 Å². The first-order chi connectivity index (χ1) is 18.1. The van der Waals surface area contributed by atoms with Crippen LogP contribution in [0.4, 0.5) is 0 Å². The number of carbonyl (C=O) groups excluding carboxylic acids is 3. The van der Waals surface area contributed by atoms with E-state index in [1.165, 1.54) is 0 Å². The summed E-state index contributed by atoms with van der Waals surface area (Å²) in [5.74, 6) is 1.24. The molecule has 0 aliphatic heterocycles. The average molecular weight is 533 g/mol. The van der Waals surface area contributed by atoms with Crippen molar-refractivity contribution in [2.45, 2.75) is 100 Å². The standard InChI is InChI=1S/C34H48N2O3/c1-9-36-26(38)18-34-13-10-20(2)21(3)27(34)28-23(37)16-25-31(6)17-22(19-35)29(39)30(4,5)24(31)11-12-32(25,7)33(28,8)14-15-34/h16-17,20-21,24,27-28H,9-15,18H2,1-8H3,(H,36,38)/t20-,21+,24+,27+,28-,31+,32-,33-,34-/m1/s1. The number of amides is 1. The Morgan fingerprint density at radius 3 is 2.38 bits per heavy atom. The molecule has 1 N–H and O–H groups in total. The normalized spacial score (nSPS) is 46.4. The summed E-state index contributed by atoms with van der Waals surface area (Å²) in [4.78, 5) is 40.9. The maximum atomic E-state index is 14.6. The highest BCUT2D eigenvalue weighted by molar-refractivity contribution is 6.04. The predicted molar refractivity (Wildman–Crippen MR) is 152 cm³/mol. The SMILES string of the molecule is CCNC(=O)C[C@]12CC[C@@H](C)[C@H](C)[C@H]1[C@H]1C(=O)C=C3[C@@]4(C)C=C(C#N)C(=O)C(C)(C)[C@@H]4CC[C@@]3(C)[C@]1(C)CC2. The average Bonchev–Trinajstić information content (AvgIpc) is 2.86. The van der Waals surface area contributed by atoms with Gasteiger partial charge in [-0.05, 0) is 91.4 Å². The molecule has 0 bridgehead atoms. The molecular formula is C34H48N2O3. The number of nitrogens with zero attached hydrogens (tertiary/aromatic N) is 1. The number of carbonyl (C=O) groups is 3. The molecule has 39 heavy (non-hydrogen) atoms. The van der Waals surface area contributed by atoms with Crippen LogP contribution in [0.15, 0.2) is 23.3 Å². The fraction of sp³-hybridized carbons (Fsp3) is 0.765. The smallest absolute Gasteiger partial charge is 0.220 e. The summed E-state index contributed by atoms with van der Waals surface area (Å²) in [7, 11) is 0. The number of hydrogen-bond acceptors (Lipinski definition) is 4. The van der Waals surface area contributed by atoms with E-state index in [-0.39, 0.29) is 57.0 Å². The van der Waals surface area contributed by atoms with Crippen LogP contribution in [0, 0.1) is 68.0 Å². The van der Waals surface area contributed by atoms with Gasteiger partial charge in [0.1, 0.15) is 6.07 Å². The van der Waals surface area contributed by atoms with Crippen molar-refractivity contribution in [2.75, 3.05) is 6.54 Å². The largest absolute Gasteiger partial charge is 0.356 e. The van der Waals surface area contributed by atoms with E-state index in [0.717, 1.165) is 44.1 Å². The maximum absolute atomic E-state index is 14.6. The highest BCUT2D eigenvalue weighted by Crippen LogP contribution is 2.74. The molecule has 0 heterocycles. The van der Waals surface area contributed by atoms with Crippen molar-refractivity contribution in [1.29, 1.82) is 5.26 Å². The lowest BCUT2D eigenvalue weighted by molar-refractivity contribution is -0.180. The molecule has 0 spiro atoms. The lowest BCUT2D eigenvalue weighted by atomic mass is 9.33. The van der Waals surface area contributed by atoms with E-state index in [1.807, 2.05) is 32.9 Å². The lowest BCUT2D eigenvalue weighted by Crippen LogP contribution is -2.65. The summed E-state index contributed by atoms with van der Waals surface area (Å²) >= 11 is 0. The van der Waals surface area contributed by atoms with E-state index >= 15 is 0 Å². The van der Waals surface area contributed by atoms with Gasteiger partial charge in [-0.25, -0.2) is 0 Å². The highest BCUT2D eigenvalue weighted by atomic mass is 16.1. The molecule has 212 valence electrons. The third-order valence-electron chi connectivity index (χ3n) is 13.3. The molecule has 1 amide bonds. The van der Waals surface area contributed by atoms with Crippen LogP contribution in [0.5, 0.6) is 0 Å². The van der Waals surface area contributed by atoms with Crippen LogP contribution in [0.1, 0.15) is 100 Å². The summed E-state index contributed by atoms with van der Waals surface area (Å²) in [5, 5.41) is 13.0. The van der Waals surface area contributed by atoms with Crippen molar-refractivity contribution in [1.82, 2.24) is 5.32 Å². The van der Waals surface area contributed by atoms with Gasteiger partial charge >= 0.3 is 0 Å². The van der Waals surface area contributed by atoms with Gasteiger partial charge in [0.2, 0.25) is 5.91 Å². The van der Waals surface area contributed by atoms with Gasteiger partial charge < -0.3 is 5.32 Å². The Kier molecular flexibility index (Phi) is 6.45. The minimum absolute atomic E-state index is 0.0518. The van der Waals surface area contributed by atoms with Crippen LogP contribution < -0.4 is 5.32 Å². The molecule has 0 radical (unpaired) electrons. The van der Waals surface area contributed by atoms with Gasteiger partial charge in [0.05, 0.1) is 5.57 Å². The molecule has 0 unspecified atom stereocenters. The summed E-state index contributed by atoms with van der Waals surface area (Å²) in [6, 6.07) is 2.20. The van der Waals surface area contributed by atoms with Crippen LogP contribution in [0.3, 0.4) is 0 Å². The molecule has 5 aliphatic carbocycles. The fourth-order valence-electron chi connectivity index (χ4n) is 10.9. The Morgan fingerprint density at radius 2 is 1.74 bits per heavy atom. The second-order valence-electron chi connectivity index (χ2n) is 15.2. The zero-order valence-electron chi connectivity index (χ0n) is 25.4. The Bertz CT molecular complexity index is 1220. The summed E-state index contributed by atoms with van der Waals surface area (Å²) in [5.41, 5.74) is -0.392. The molecule has 0 aromatic rings. The predicted octanol–water partition coefficient (Wildman–Crippen LogP) is 6.59. The number of allylic oxidation sites excluding steroid dienone is 4. The molecule has 3 fully saturated rings. The van der Waals surface area contributed by atoms with Gasteiger partial charge in [0, 0.05) is 29.7 Å². The fourth-order valence-corrected chi connectivity index (χ4v) is 10.9. The van der Waals surface area contributed by atoms with Crippen molar-refractivity contribution in [3.05, 3.63) is 23.3 Å². The molecule has 0 aromatic carbocycles. The number of fused-ring (bicyclic) bond motifs is 7. The summed E-state index contributed by atoms with van der Waals surface area (Å²) in [6.07, 6.45) is 10.2. The topological polar surface area (TPSA) is 87.0 Å². The number of nitriles is 1. The van der Waals surface area contributed by atoms with E-state index < -0.39 is 10.8 Å². The molecule has 5 heteroatoms. The van der Waals surface area contributed by atoms with Gasteiger partial charge in [-0.15, -0.1) is 0 Å². The van der Waals surface area contributed by atoms with Gasteiger partial charge in [0.15, 0.2) is 11.6 Å². The molecule has 0 saturated heterocycles. The number of hydrogen-bond donors (Lipinski definition) is 1. The highest BCUT2D eigenvalue weighted by Gasteiger charge is 2.70. The van der Waals surface area contributed by atoms with Crippen LogP contribution in [0.2, 0.25) is 0 Å². The van der Waals surface area contributed by atoms with Crippen LogP contribution in [-0.2, 0) is 14.4 Å². The number of Topliss-reactive ketones (excluding diaryl/α,β-unsaturated/α-hetero) is 1. The van der Waals surface area contributed by atoms with Crippen LogP contribution in [0.25, 0.3) is 0 Å². The molecule has 5 rings (SSSR count). The van der Waals surface area contributed by atoms with Crippen molar-refractivity contribution >= 4 is 17.5 Å². The third kappa shape index (κ3) is 3.58. The second-order valence-corrected chi connectivity index (χ2v) is 15.2. The lowest BCUT2D eigenvalue weighted by Gasteiger charge is -2.69. The molecule has 3 saturated carbocycles. The monoisotopic (exact) mass is 532 g/mol. The Hall–Kier alpha value is -2.22. The molecule has 5 aliphatic rings. The summed E-state index contributed by atoms with van der Waals surface area (Å²) < 4.78 is 0. The quantitative estimate of drug-likeness (QED) is 0.444. The first kappa shape index (κ1) is 28.3. The Morgan fingerprint density at radius 1 is 1.05 bits per heavy atom. The Balaban J connectivity index is 1.67. The third-order valence-corrected chi connectivity index (χ3v) is 13.3. The van der Waals surface area contributed by atoms with Crippen LogP contribution >= 0.6 is 0 Å². The zero-order valence-corrected chi connectivity index (χ0v) is 25.4. The van der Waals surface area contributed by atoms with Gasteiger partial charge in [-0.2, -0.15) is 5.26 Å². The van der Waals surface area contributed by atoms with E-state index in [9.17, 15) is 19.6 Å². The minimum Gasteiger partial charge on any atom is -0.356 e. The summed E-state index contributed by atoms with van der Waals surface area (Å²) in [6.45, 7) is 18.1. The van der Waals surface area contributed by atoms with E-state index in [4.69, 9.17) is 0 Å². The van der Waals surface area contributed by atoms with Gasteiger partial charge in [-0.1, -0.05) is 60.1 Å². The van der Waals surface area contributed by atoms with Crippen molar-refractivity contribution < 1.29 is 14.4 Å². The Labute approximate surface area is 235 Å². The number of ketones is 2. The van der Waals surface area contributed by atoms with E-state index in [0.29, 0.717) is 24.8 Å². The molecule has 9 atom stereocenters. The van der Waals surface area contributed by atoms with Gasteiger partial charge in [0.25, 0.3) is 0 Å². The molecule has 5 nitrogen and oxygen atoms in total. The zero-order chi connectivity index (χ0) is 28.8. The maximum Gasteiger partial charge on any atom is 0.220 e. The molecular weight excluding hydrogens is 484 g/mol. The molecule has 0 aromatic heterocycles. The van der Waals surface area contributed by atoms with Crippen LogP contribution in [-0.4, -0.2) is 24.0 Å². The number of rotatable bonds is 3. The minimum atomic E-state index is -0.654. The van der Waals surface area contributed by atoms with E-state index in [2.05, 4.69) is 46.0 Å². The van der Waals surface area contributed by atoms with Gasteiger partial charge in [-0.3, -0.25) is 14.4 Å². The van der Waals surface area contributed by atoms with Crippen molar-refractivity contribution in [2.24, 2.45) is 56.7 Å². The number of nitrogens with one attached hydrogen (secondary N) is 1.